The molecule has 0 saturated heterocycles. The third-order valence-corrected chi connectivity index (χ3v) is 3.83. The molecule has 0 aromatic heterocycles. The Morgan fingerprint density at radius 1 is 1.08 bits per heavy atom. The van der Waals surface area contributed by atoms with E-state index in [1.165, 1.54) is 0 Å². The van der Waals surface area contributed by atoms with E-state index in [9.17, 15) is 9.59 Å². The number of anilines is 1. The van der Waals surface area contributed by atoms with Crippen LogP contribution in [0.5, 0.6) is 0 Å². The second-order valence-corrected chi connectivity index (χ2v) is 5.85. The molecule has 7 heteroatoms. The van der Waals surface area contributed by atoms with Crippen molar-refractivity contribution in [1.29, 1.82) is 0 Å². The Morgan fingerprint density at radius 3 is 2.38 bits per heavy atom. The van der Waals surface area contributed by atoms with Crippen LogP contribution < -0.4 is 16.4 Å². The highest BCUT2D eigenvalue weighted by Gasteiger charge is 2.07. The van der Waals surface area contributed by atoms with E-state index in [0.29, 0.717) is 22.7 Å². The number of hydrogen-bond acceptors (Lipinski definition) is 3. The van der Waals surface area contributed by atoms with Gasteiger partial charge in [0.2, 0.25) is 11.8 Å². The van der Waals surface area contributed by atoms with Crippen molar-refractivity contribution in [2.75, 3.05) is 5.32 Å². The van der Waals surface area contributed by atoms with Crippen molar-refractivity contribution in [3.63, 3.8) is 0 Å². The first kappa shape index (κ1) is 17.9. The highest BCUT2D eigenvalue weighted by atomic mass is 35.5. The normalized spacial score (nSPS) is 10.0. The maximum absolute atomic E-state index is 11.9. The van der Waals surface area contributed by atoms with Gasteiger partial charge in [-0.15, -0.1) is 0 Å². The molecular formula is C17H16ClN3O2S. The highest BCUT2D eigenvalue weighted by molar-refractivity contribution is 7.80. The second-order valence-electron chi connectivity index (χ2n) is 5.04. The summed E-state index contributed by atoms with van der Waals surface area (Å²) < 4.78 is 0. The number of benzene rings is 2. The second kappa shape index (κ2) is 8.42. The summed E-state index contributed by atoms with van der Waals surface area (Å²) in [5.74, 6) is -0.710. The molecular weight excluding hydrogens is 346 g/mol. The summed E-state index contributed by atoms with van der Waals surface area (Å²) in [6, 6.07) is 13.8. The molecule has 0 aliphatic carbocycles. The summed E-state index contributed by atoms with van der Waals surface area (Å²) >= 11 is 11.1. The minimum Gasteiger partial charge on any atom is -0.366 e. The molecule has 0 fully saturated rings. The van der Waals surface area contributed by atoms with E-state index >= 15 is 0 Å². The Bertz CT molecular complexity index is 763. The van der Waals surface area contributed by atoms with Crippen LogP contribution in [0.3, 0.4) is 0 Å². The molecule has 0 aliphatic heterocycles. The van der Waals surface area contributed by atoms with E-state index in [-0.39, 0.29) is 17.4 Å². The monoisotopic (exact) mass is 361 g/mol. The van der Waals surface area contributed by atoms with E-state index in [1.807, 2.05) is 18.2 Å². The van der Waals surface area contributed by atoms with Gasteiger partial charge < -0.3 is 16.4 Å². The number of nitrogens with one attached hydrogen (secondary N) is 2. The summed E-state index contributed by atoms with van der Waals surface area (Å²) in [6.07, 6.45) is 0.799. The number of carbonyl (C=O) groups excluding carboxylic acids is 2. The lowest BCUT2D eigenvalue weighted by molar-refractivity contribution is -0.119. The fourth-order valence-corrected chi connectivity index (χ4v) is 2.48. The van der Waals surface area contributed by atoms with Gasteiger partial charge in [0.05, 0.1) is 0 Å². The molecule has 2 aromatic carbocycles. The molecule has 2 amide bonds. The van der Waals surface area contributed by atoms with Gasteiger partial charge in [-0.1, -0.05) is 29.8 Å². The molecule has 4 N–H and O–H groups in total. The summed E-state index contributed by atoms with van der Waals surface area (Å²) in [4.78, 5) is 22.9. The predicted molar refractivity (Wildman–Crippen MR) is 99.1 cm³/mol. The van der Waals surface area contributed by atoms with Gasteiger partial charge in [-0.3, -0.25) is 9.59 Å². The smallest absolute Gasteiger partial charge is 0.248 e. The minimum atomic E-state index is -0.503. The number of nitrogens with two attached hydrogens (primary N) is 1. The minimum absolute atomic E-state index is 0.186. The molecule has 0 unspecified atom stereocenters. The zero-order chi connectivity index (χ0) is 17.5. The van der Waals surface area contributed by atoms with Gasteiger partial charge in [-0.05, 0) is 54.5 Å². The molecule has 0 bridgehead atoms. The van der Waals surface area contributed by atoms with E-state index in [4.69, 9.17) is 29.6 Å². The standard InChI is InChI=1S/C17H16ClN3O2S/c18-14-4-2-1-3-11(14)7-10-15(22)21-17(24)20-13-8-5-12(6-9-13)16(19)23/h1-6,8-9H,7,10H2,(H2,19,23)(H2,20,21,22,24). The van der Waals surface area contributed by atoms with E-state index < -0.39 is 5.91 Å². The van der Waals surface area contributed by atoms with E-state index in [0.717, 1.165) is 5.56 Å². The lowest BCUT2D eigenvalue weighted by atomic mass is 10.1. The Kier molecular flexibility index (Phi) is 6.28. The molecule has 0 saturated carbocycles. The number of halogens is 1. The van der Waals surface area contributed by atoms with Crippen molar-refractivity contribution >= 4 is 46.4 Å². The summed E-state index contributed by atoms with van der Waals surface area (Å²) in [6.45, 7) is 0. The van der Waals surface area contributed by atoms with Crippen molar-refractivity contribution in [2.24, 2.45) is 5.73 Å². The van der Waals surface area contributed by atoms with Crippen molar-refractivity contribution in [3.8, 4) is 0 Å². The van der Waals surface area contributed by atoms with Crippen molar-refractivity contribution in [3.05, 3.63) is 64.7 Å². The van der Waals surface area contributed by atoms with Gasteiger partial charge in [0.15, 0.2) is 5.11 Å². The van der Waals surface area contributed by atoms with Crippen LogP contribution in [0.15, 0.2) is 48.5 Å². The van der Waals surface area contributed by atoms with E-state index in [1.54, 1.807) is 30.3 Å². The van der Waals surface area contributed by atoms with Crippen LogP contribution in [-0.4, -0.2) is 16.9 Å². The maximum Gasteiger partial charge on any atom is 0.248 e. The Hall–Kier alpha value is -2.44. The zero-order valence-corrected chi connectivity index (χ0v) is 14.3. The number of rotatable bonds is 5. The number of thiocarbonyl (C=S) groups is 1. The average molecular weight is 362 g/mol. The number of amides is 2. The molecule has 0 aliphatic rings. The topological polar surface area (TPSA) is 84.2 Å². The van der Waals surface area contributed by atoms with Crippen LogP contribution in [0.4, 0.5) is 5.69 Å². The van der Waals surface area contributed by atoms with Crippen LogP contribution in [0.25, 0.3) is 0 Å². The Balaban J connectivity index is 1.82. The number of hydrogen-bond donors (Lipinski definition) is 3. The zero-order valence-electron chi connectivity index (χ0n) is 12.7. The Morgan fingerprint density at radius 2 is 1.75 bits per heavy atom. The SMILES string of the molecule is NC(=O)c1ccc(NC(=S)NC(=O)CCc2ccccc2Cl)cc1. The van der Waals surface area contributed by atoms with Gasteiger partial charge >= 0.3 is 0 Å². The van der Waals surface area contributed by atoms with Crippen molar-refractivity contribution in [1.82, 2.24) is 5.32 Å². The fraction of sp³-hybridized carbons (Fsp3) is 0.118. The fourth-order valence-electron chi connectivity index (χ4n) is 2.02. The van der Waals surface area contributed by atoms with Gasteiger partial charge in [-0.2, -0.15) is 0 Å². The van der Waals surface area contributed by atoms with Crippen LogP contribution in [0, 0.1) is 0 Å². The van der Waals surface area contributed by atoms with Crippen LogP contribution in [-0.2, 0) is 11.2 Å². The summed E-state index contributed by atoms with van der Waals surface area (Å²) in [5, 5.41) is 6.30. The third kappa shape index (κ3) is 5.33. The van der Waals surface area contributed by atoms with Crippen molar-refractivity contribution < 1.29 is 9.59 Å². The molecule has 24 heavy (non-hydrogen) atoms. The first-order chi connectivity index (χ1) is 11.5. The number of aryl methyl sites for hydroxylation is 1. The Labute approximate surface area is 150 Å². The lowest BCUT2D eigenvalue weighted by Gasteiger charge is -2.10. The molecule has 124 valence electrons. The van der Waals surface area contributed by atoms with Gasteiger partial charge in [0, 0.05) is 22.7 Å². The molecule has 5 nitrogen and oxygen atoms in total. The van der Waals surface area contributed by atoms with Crippen molar-refractivity contribution in [2.45, 2.75) is 12.8 Å². The number of primary amides is 1. The van der Waals surface area contributed by atoms with Gasteiger partial charge in [0.1, 0.15) is 0 Å². The average Bonchev–Trinajstić information content (AvgIpc) is 2.54. The van der Waals surface area contributed by atoms with Crippen LogP contribution in [0.2, 0.25) is 5.02 Å². The molecule has 0 heterocycles. The maximum atomic E-state index is 11.9. The van der Waals surface area contributed by atoms with Gasteiger partial charge in [-0.25, -0.2) is 0 Å². The predicted octanol–water partition coefficient (Wildman–Crippen LogP) is 2.88. The van der Waals surface area contributed by atoms with Crippen LogP contribution in [0.1, 0.15) is 22.3 Å². The lowest BCUT2D eigenvalue weighted by Crippen LogP contribution is -2.34. The number of carbonyl (C=O) groups is 2. The summed E-state index contributed by atoms with van der Waals surface area (Å²) in [5.41, 5.74) is 7.13. The molecule has 0 radical (unpaired) electrons. The van der Waals surface area contributed by atoms with Gasteiger partial charge in [0.25, 0.3) is 0 Å². The quantitative estimate of drug-likeness (QED) is 0.715. The van der Waals surface area contributed by atoms with E-state index in [2.05, 4.69) is 10.6 Å². The molecule has 0 spiro atoms. The molecule has 2 aromatic rings. The first-order valence-corrected chi connectivity index (χ1v) is 7.98. The highest BCUT2D eigenvalue weighted by Crippen LogP contribution is 2.16. The first-order valence-electron chi connectivity index (χ1n) is 7.20. The van der Waals surface area contributed by atoms with Crippen LogP contribution >= 0.6 is 23.8 Å². The molecule has 2 rings (SSSR count). The third-order valence-electron chi connectivity index (χ3n) is 3.26. The summed E-state index contributed by atoms with van der Waals surface area (Å²) in [7, 11) is 0. The molecule has 0 atom stereocenters. The largest absolute Gasteiger partial charge is 0.366 e.